The Morgan fingerprint density at radius 2 is 2.06 bits per heavy atom. The first kappa shape index (κ1) is 13.9. The van der Waals surface area contributed by atoms with Gasteiger partial charge in [-0.15, -0.1) is 0 Å². The lowest BCUT2D eigenvalue weighted by Gasteiger charge is -2.14. The molecule has 96 valence electrons. The Labute approximate surface area is 101 Å². The molecule has 1 aromatic rings. The third kappa shape index (κ3) is 3.41. The number of hydrogen-bond donors (Lipinski definition) is 0. The predicted octanol–water partition coefficient (Wildman–Crippen LogP) is 1.90. The quantitative estimate of drug-likeness (QED) is 0.554. The van der Waals surface area contributed by atoms with Crippen LogP contribution in [-0.2, 0) is 10.0 Å². The van der Waals surface area contributed by atoms with Crippen LogP contribution in [0.3, 0.4) is 0 Å². The molecule has 17 heavy (non-hydrogen) atoms. The minimum absolute atomic E-state index is 0.0190. The Hall–Kier alpha value is -1.14. The first-order valence-electron chi connectivity index (χ1n) is 5.53. The molecule has 0 aliphatic rings. The Bertz CT molecular complexity index is 464. The van der Waals surface area contributed by atoms with Crippen molar-refractivity contribution in [3.8, 4) is 0 Å². The average Bonchev–Trinajstić information content (AvgIpc) is 2.78. The molecule has 0 aliphatic carbocycles. The maximum absolute atomic E-state index is 12.0. The highest BCUT2D eigenvalue weighted by atomic mass is 32.2. The van der Waals surface area contributed by atoms with Crippen LogP contribution in [0.5, 0.6) is 0 Å². The molecule has 0 atom stereocenters. The topological polar surface area (TPSA) is 67.6 Å². The average molecular weight is 259 g/mol. The molecule has 0 aromatic carbocycles. The smallest absolute Gasteiger partial charge is 0.276 e. The molecular weight excluding hydrogens is 242 g/mol. The van der Waals surface area contributed by atoms with Gasteiger partial charge < -0.3 is 4.42 Å². The Morgan fingerprint density at radius 1 is 1.35 bits per heavy atom. The molecule has 0 radical (unpaired) electrons. The van der Waals surface area contributed by atoms with Gasteiger partial charge in [-0.05, 0) is 18.6 Å². The molecule has 0 saturated heterocycles. The van der Waals surface area contributed by atoms with Gasteiger partial charge >= 0.3 is 0 Å². The minimum atomic E-state index is -3.60. The fourth-order valence-corrected chi connectivity index (χ4v) is 2.51. The molecule has 0 fully saturated rings. The molecule has 0 amide bonds. The van der Waals surface area contributed by atoms with Gasteiger partial charge in [-0.1, -0.05) is 19.8 Å². The number of hydrogen-bond acceptors (Lipinski definition) is 4. The molecule has 1 heterocycles. The van der Waals surface area contributed by atoms with Gasteiger partial charge in [0.15, 0.2) is 12.0 Å². The minimum Gasteiger partial charge on any atom is -0.440 e. The number of carbonyl (C=O) groups is 1. The van der Waals surface area contributed by atoms with Crippen molar-refractivity contribution < 1.29 is 17.6 Å². The Morgan fingerprint density at radius 3 is 2.59 bits per heavy atom. The van der Waals surface area contributed by atoms with E-state index in [4.69, 9.17) is 4.42 Å². The van der Waals surface area contributed by atoms with Crippen LogP contribution in [0.2, 0.25) is 0 Å². The van der Waals surface area contributed by atoms with Crippen LogP contribution in [0.1, 0.15) is 36.7 Å². The van der Waals surface area contributed by atoms with E-state index in [2.05, 4.69) is 6.92 Å². The van der Waals surface area contributed by atoms with Gasteiger partial charge in [0.1, 0.15) is 0 Å². The van der Waals surface area contributed by atoms with Crippen LogP contribution >= 0.6 is 0 Å². The Kier molecular flexibility index (Phi) is 4.89. The number of furan rings is 1. The summed E-state index contributed by atoms with van der Waals surface area (Å²) in [6.07, 6.45) is 3.31. The summed E-state index contributed by atoms with van der Waals surface area (Å²) in [6, 6.07) is 2.65. The molecule has 6 heteroatoms. The summed E-state index contributed by atoms with van der Waals surface area (Å²) in [5, 5.41) is -0.182. The molecule has 0 unspecified atom stereocenters. The molecule has 1 aromatic heterocycles. The van der Waals surface area contributed by atoms with E-state index < -0.39 is 10.0 Å². The molecule has 0 spiro atoms. The fraction of sp³-hybridized carbons (Fsp3) is 0.545. The summed E-state index contributed by atoms with van der Waals surface area (Å²) < 4.78 is 30.1. The summed E-state index contributed by atoms with van der Waals surface area (Å²) in [5.74, 6) is 0.0190. The van der Waals surface area contributed by atoms with Crippen molar-refractivity contribution in [2.75, 3.05) is 13.6 Å². The first-order chi connectivity index (χ1) is 8.02. The molecule has 0 bridgehead atoms. The summed E-state index contributed by atoms with van der Waals surface area (Å²) in [5.41, 5.74) is 0. The molecule has 0 N–H and O–H groups in total. The number of nitrogens with zero attached hydrogens (tertiary/aromatic N) is 1. The van der Waals surface area contributed by atoms with E-state index in [-0.39, 0.29) is 10.9 Å². The van der Waals surface area contributed by atoms with Gasteiger partial charge in [0.2, 0.25) is 5.09 Å². The zero-order valence-electron chi connectivity index (χ0n) is 10.0. The largest absolute Gasteiger partial charge is 0.440 e. The van der Waals surface area contributed by atoms with E-state index in [0.717, 1.165) is 19.3 Å². The van der Waals surface area contributed by atoms with Crippen LogP contribution in [-0.4, -0.2) is 32.6 Å². The van der Waals surface area contributed by atoms with Crippen LogP contribution in [0.4, 0.5) is 0 Å². The van der Waals surface area contributed by atoms with Gasteiger partial charge in [0.05, 0.1) is 0 Å². The van der Waals surface area contributed by atoms with E-state index in [9.17, 15) is 13.2 Å². The third-order valence-corrected chi connectivity index (χ3v) is 4.19. The van der Waals surface area contributed by atoms with Crippen LogP contribution in [0, 0.1) is 0 Å². The van der Waals surface area contributed by atoms with E-state index in [1.807, 2.05) is 0 Å². The number of aldehydes is 1. The highest BCUT2D eigenvalue weighted by Gasteiger charge is 2.23. The SMILES string of the molecule is CCCCCN(C)S(=O)(=O)c1ccc(C=O)o1. The van der Waals surface area contributed by atoms with E-state index in [1.54, 1.807) is 0 Å². The lowest BCUT2D eigenvalue weighted by atomic mass is 10.2. The monoisotopic (exact) mass is 259 g/mol. The lowest BCUT2D eigenvalue weighted by Crippen LogP contribution is -2.27. The highest BCUT2D eigenvalue weighted by Crippen LogP contribution is 2.17. The second kappa shape index (κ2) is 5.97. The summed E-state index contributed by atoms with van der Waals surface area (Å²) in [4.78, 5) is 10.4. The van der Waals surface area contributed by atoms with Crippen molar-refractivity contribution in [3.63, 3.8) is 0 Å². The second-order valence-electron chi connectivity index (χ2n) is 3.81. The van der Waals surface area contributed by atoms with Crippen LogP contribution in [0.25, 0.3) is 0 Å². The van der Waals surface area contributed by atoms with Crippen molar-refractivity contribution in [3.05, 3.63) is 17.9 Å². The van der Waals surface area contributed by atoms with Gasteiger partial charge in [-0.2, -0.15) is 4.31 Å². The number of sulfonamides is 1. The zero-order valence-corrected chi connectivity index (χ0v) is 10.9. The Balaban J connectivity index is 2.76. The van der Waals surface area contributed by atoms with Crippen LogP contribution in [0.15, 0.2) is 21.6 Å². The lowest BCUT2D eigenvalue weighted by molar-refractivity contribution is 0.109. The fourth-order valence-electron chi connectivity index (χ4n) is 1.39. The third-order valence-electron chi connectivity index (χ3n) is 2.46. The van der Waals surface area contributed by atoms with Crippen molar-refractivity contribution in [1.82, 2.24) is 4.31 Å². The normalized spacial score (nSPS) is 11.9. The maximum atomic E-state index is 12.0. The summed E-state index contributed by atoms with van der Waals surface area (Å²) in [6.45, 7) is 2.50. The summed E-state index contributed by atoms with van der Waals surface area (Å²) in [7, 11) is -2.09. The molecule has 1 rings (SSSR count). The highest BCUT2D eigenvalue weighted by molar-refractivity contribution is 7.89. The van der Waals surface area contributed by atoms with Crippen molar-refractivity contribution in [1.29, 1.82) is 0 Å². The molecule has 0 aliphatic heterocycles. The van der Waals surface area contributed by atoms with Crippen molar-refractivity contribution in [2.24, 2.45) is 0 Å². The van der Waals surface area contributed by atoms with Gasteiger partial charge in [0, 0.05) is 13.6 Å². The van der Waals surface area contributed by atoms with E-state index >= 15 is 0 Å². The van der Waals surface area contributed by atoms with Crippen molar-refractivity contribution >= 4 is 16.3 Å². The number of carbonyl (C=O) groups excluding carboxylic acids is 1. The predicted molar refractivity (Wildman–Crippen MR) is 63.4 cm³/mol. The molecule has 0 saturated carbocycles. The standard InChI is InChI=1S/C11H17NO4S/c1-3-4-5-8-12(2)17(14,15)11-7-6-10(9-13)16-11/h6-7,9H,3-5,8H2,1-2H3. The maximum Gasteiger partial charge on any atom is 0.276 e. The van der Waals surface area contributed by atoms with Gasteiger partial charge in [-0.3, -0.25) is 4.79 Å². The molecule has 5 nitrogen and oxygen atoms in total. The van der Waals surface area contributed by atoms with Gasteiger partial charge in [0.25, 0.3) is 10.0 Å². The summed E-state index contributed by atoms with van der Waals surface area (Å²) >= 11 is 0. The van der Waals surface area contributed by atoms with Crippen molar-refractivity contribution in [2.45, 2.75) is 31.3 Å². The first-order valence-corrected chi connectivity index (χ1v) is 6.97. The number of unbranched alkanes of at least 4 members (excludes halogenated alkanes) is 2. The van der Waals surface area contributed by atoms with Gasteiger partial charge in [-0.25, -0.2) is 8.42 Å². The zero-order chi connectivity index (χ0) is 12.9. The van der Waals surface area contributed by atoms with Crippen LogP contribution < -0.4 is 0 Å². The molecular formula is C11H17NO4S. The van der Waals surface area contributed by atoms with E-state index in [0.29, 0.717) is 12.8 Å². The number of rotatable bonds is 7. The second-order valence-corrected chi connectivity index (χ2v) is 5.78. The van der Waals surface area contributed by atoms with E-state index in [1.165, 1.54) is 23.5 Å².